The van der Waals surface area contributed by atoms with E-state index in [2.05, 4.69) is 4.98 Å². The summed E-state index contributed by atoms with van der Waals surface area (Å²) in [7, 11) is 0. The second-order valence-corrected chi connectivity index (χ2v) is 3.67. The number of hydrogen-bond donors (Lipinski definition) is 0. The maximum atomic E-state index is 11.6. The van der Waals surface area contributed by atoms with Gasteiger partial charge in [0.2, 0.25) is 0 Å². The van der Waals surface area contributed by atoms with E-state index in [1.807, 2.05) is 20.8 Å². The van der Waals surface area contributed by atoms with Gasteiger partial charge in [-0.25, -0.2) is 4.98 Å². The lowest BCUT2D eigenvalue weighted by Crippen LogP contribution is -2.08. The molecule has 0 amide bonds. The summed E-state index contributed by atoms with van der Waals surface area (Å²) < 4.78 is 0. The molecule has 0 aliphatic carbocycles. The number of carbonyl (C=O) groups is 1. The molecule has 1 aromatic rings. The third kappa shape index (κ3) is 2.28. The third-order valence-corrected chi connectivity index (χ3v) is 2.07. The van der Waals surface area contributed by atoms with Gasteiger partial charge in [-0.3, -0.25) is 4.79 Å². The van der Waals surface area contributed by atoms with Gasteiger partial charge >= 0.3 is 0 Å². The van der Waals surface area contributed by atoms with Gasteiger partial charge < -0.3 is 0 Å². The Labute approximate surface area is 82.9 Å². The van der Waals surface area contributed by atoms with E-state index in [1.165, 1.54) is 0 Å². The van der Waals surface area contributed by atoms with Gasteiger partial charge in [-0.15, -0.1) is 0 Å². The first-order valence-electron chi connectivity index (χ1n) is 4.19. The summed E-state index contributed by atoms with van der Waals surface area (Å²) >= 11 is 5.84. The molecule has 0 radical (unpaired) electrons. The topological polar surface area (TPSA) is 30.0 Å². The van der Waals surface area contributed by atoms with Crippen LogP contribution in [0.2, 0.25) is 5.15 Å². The van der Waals surface area contributed by atoms with Gasteiger partial charge in [0.15, 0.2) is 5.78 Å². The molecule has 0 saturated heterocycles. The first kappa shape index (κ1) is 10.2. The number of pyridine rings is 1. The Bertz CT molecular complexity index is 334. The standard InChI is InChI=1S/C10H12ClNO/c1-6(2)9(13)8-5-4-7(3)12-10(8)11/h4-6H,1-3H3. The first-order valence-corrected chi connectivity index (χ1v) is 4.57. The molecule has 0 aromatic carbocycles. The van der Waals surface area contributed by atoms with Crippen molar-refractivity contribution in [3.8, 4) is 0 Å². The van der Waals surface area contributed by atoms with E-state index < -0.39 is 0 Å². The van der Waals surface area contributed by atoms with Gasteiger partial charge in [0.1, 0.15) is 5.15 Å². The molecule has 13 heavy (non-hydrogen) atoms. The van der Waals surface area contributed by atoms with Crippen molar-refractivity contribution in [1.82, 2.24) is 4.98 Å². The second-order valence-electron chi connectivity index (χ2n) is 3.31. The van der Waals surface area contributed by atoms with Crippen molar-refractivity contribution in [2.24, 2.45) is 5.92 Å². The zero-order valence-electron chi connectivity index (χ0n) is 7.97. The van der Waals surface area contributed by atoms with E-state index in [-0.39, 0.29) is 11.7 Å². The molecule has 70 valence electrons. The fourth-order valence-electron chi connectivity index (χ4n) is 1.02. The molecule has 2 nitrogen and oxygen atoms in total. The largest absolute Gasteiger partial charge is 0.294 e. The number of Topliss-reactive ketones (excluding diaryl/α,β-unsaturated/α-hetero) is 1. The fourth-order valence-corrected chi connectivity index (χ4v) is 1.31. The third-order valence-electron chi connectivity index (χ3n) is 1.78. The van der Waals surface area contributed by atoms with Gasteiger partial charge in [-0.1, -0.05) is 25.4 Å². The van der Waals surface area contributed by atoms with Crippen LogP contribution in [0.15, 0.2) is 12.1 Å². The quantitative estimate of drug-likeness (QED) is 0.539. The summed E-state index contributed by atoms with van der Waals surface area (Å²) in [5, 5.41) is 0.304. The van der Waals surface area contributed by atoms with Crippen LogP contribution in [0.5, 0.6) is 0 Å². The molecular formula is C10H12ClNO. The Balaban J connectivity index is 3.09. The summed E-state index contributed by atoms with van der Waals surface area (Å²) in [5.41, 5.74) is 1.34. The van der Waals surface area contributed by atoms with E-state index in [0.29, 0.717) is 10.7 Å². The van der Waals surface area contributed by atoms with Gasteiger partial charge in [0.05, 0.1) is 5.56 Å². The first-order chi connectivity index (χ1) is 6.02. The molecule has 0 saturated carbocycles. The molecule has 0 aliphatic rings. The van der Waals surface area contributed by atoms with Crippen molar-refractivity contribution >= 4 is 17.4 Å². The fraction of sp³-hybridized carbons (Fsp3) is 0.400. The summed E-state index contributed by atoms with van der Waals surface area (Å²) in [5.74, 6) is -0.000457. The predicted octanol–water partition coefficient (Wildman–Crippen LogP) is 2.88. The van der Waals surface area contributed by atoms with Crippen LogP contribution in [0.1, 0.15) is 29.9 Å². The van der Waals surface area contributed by atoms with Crippen molar-refractivity contribution in [3.05, 3.63) is 28.5 Å². The number of nitrogens with zero attached hydrogens (tertiary/aromatic N) is 1. The summed E-state index contributed by atoms with van der Waals surface area (Å²) in [6.45, 7) is 5.53. The average Bonchev–Trinajstić information content (AvgIpc) is 2.03. The lowest BCUT2D eigenvalue weighted by molar-refractivity contribution is 0.0939. The molecule has 0 N–H and O–H groups in total. The van der Waals surface area contributed by atoms with Crippen LogP contribution < -0.4 is 0 Å². The van der Waals surface area contributed by atoms with Crippen LogP contribution in [0.3, 0.4) is 0 Å². The number of ketones is 1. The van der Waals surface area contributed by atoms with Crippen molar-refractivity contribution in [2.45, 2.75) is 20.8 Å². The monoisotopic (exact) mass is 197 g/mol. The zero-order valence-corrected chi connectivity index (χ0v) is 8.72. The molecule has 0 aliphatic heterocycles. The van der Waals surface area contributed by atoms with Crippen LogP contribution in [0.25, 0.3) is 0 Å². The molecule has 0 bridgehead atoms. The molecular weight excluding hydrogens is 186 g/mol. The van der Waals surface area contributed by atoms with E-state index in [4.69, 9.17) is 11.6 Å². The highest BCUT2D eigenvalue weighted by Crippen LogP contribution is 2.17. The number of carbonyl (C=O) groups excluding carboxylic acids is 1. The molecule has 0 fully saturated rings. The lowest BCUT2D eigenvalue weighted by atomic mass is 10.0. The minimum atomic E-state index is -0.0398. The highest BCUT2D eigenvalue weighted by molar-refractivity contribution is 6.32. The SMILES string of the molecule is Cc1ccc(C(=O)C(C)C)c(Cl)n1. The van der Waals surface area contributed by atoms with Crippen molar-refractivity contribution < 1.29 is 4.79 Å². The maximum Gasteiger partial charge on any atom is 0.168 e. The molecule has 0 spiro atoms. The highest BCUT2D eigenvalue weighted by atomic mass is 35.5. The van der Waals surface area contributed by atoms with Crippen LogP contribution in [0.4, 0.5) is 0 Å². The van der Waals surface area contributed by atoms with E-state index in [1.54, 1.807) is 12.1 Å². The summed E-state index contributed by atoms with van der Waals surface area (Å²) in [4.78, 5) is 15.6. The minimum absolute atomic E-state index is 0.0394. The molecule has 1 heterocycles. The number of rotatable bonds is 2. The smallest absolute Gasteiger partial charge is 0.168 e. The molecule has 1 aromatic heterocycles. The Morgan fingerprint density at radius 1 is 1.46 bits per heavy atom. The van der Waals surface area contributed by atoms with Crippen molar-refractivity contribution in [3.63, 3.8) is 0 Å². The average molecular weight is 198 g/mol. The Morgan fingerprint density at radius 3 is 2.54 bits per heavy atom. The summed E-state index contributed by atoms with van der Waals surface area (Å²) in [6.07, 6.45) is 0. The van der Waals surface area contributed by atoms with E-state index >= 15 is 0 Å². The highest BCUT2D eigenvalue weighted by Gasteiger charge is 2.14. The van der Waals surface area contributed by atoms with E-state index in [0.717, 1.165) is 5.69 Å². The Morgan fingerprint density at radius 2 is 2.08 bits per heavy atom. The molecule has 0 unspecified atom stereocenters. The zero-order chi connectivity index (χ0) is 10.0. The van der Waals surface area contributed by atoms with Crippen LogP contribution in [-0.4, -0.2) is 10.8 Å². The van der Waals surface area contributed by atoms with E-state index in [9.17, 15) is 4.79 Å². The number of hydrogen-bond acceptors (Lipinski definition) is 2. The molecule has 3 heteroatoms. The minimum Gasteiger partial charge on any atom is -0.294 e. The molecule has 0 atom stereocenters. The lowest BCUT2D eigenvalue weighted by Gasteiger charge is -2.05. The second kappa shape index (κ2) is 3.88. The van der Waals surface area contributed by atoms with Gasteiger partial charge in [0.25, 0.3) is 0 Å². The van der Waals surface area contributed by atoms with Crippen molar-refractivity contribution in [1.29, 1.82) is 0 Å². The maximum absolute atomic E-state index is 11.6. The number of aromatic nitrogens is 1. The number of halogens is 1. The Hall–Kier alpha value is -0.890. The van der Waals surface area contributed by atoms with Gasteiger partial charge in [0, 0.05) is 11.6 Å². The predicted molar refractivity (Wildman–Crippen MR) is 53.2 cm³/mol. The van der Waals surface area contributed by atoms with Crippen LogP contribution in [0, 0.1) is 12.8 Å². The van der Waals surface area contributed by atoms with Gasteiger partial charge in [-0.2, -0.15) is 0 Å². The van der Waals surface area contributed by atoms with Crippen LogP contribution >= 0.6 is 11.6 Å². The van der Waals surface area contributed by atoms with Gasteiger partial charge in [-0.05, 0) is 19.1 Å². The summed E-state index contributed by atoms with van der Waals surface area (Å²) in [6, 6.07) is 3.52. The van der Waals surface area contributed by atoms with Crippen molar-refractivity contribution in [2.75, 3.05) is 0 Å². The molecule has 1 rings (SSSR count). The Kier molecular flexibility index (Phi) is 3.04. The van der Waals surface area contributed by atoms with Crippen LogP contribution in [-0.2, 0) is 0 Å². The number of aryl methyl sites for hydroxylation is 1. The normalized spacial score (nSPS) is 10.5.